The van der Waals surface area contributed by atoms with E-state index in [1.807, 2.05) is 42.5 Å². The Morgan fingerprint density at radius 1 is 1.00 bits per heavy atom. The van der Waals surface area contributed by atoms with E-state index < -0.39 is 5.60 Å². The maximum absolute atomic E-state index is 6.24. The quantitative estimate of drug-likeness (QED) is 0.898. The summed E-state index contributed by atoms with van der Waals surface area (Å²) in [6, 6.07) is 18.0. The summed E-state index contributed by atoms with van der Waals surface area (Å²) in [4.78, 5) is 0. The van der Waals surface area contributed by atoms with Crippen LogP contribution in [0.2, 0.25) is 0 Å². The van der Waals surface area contributed by atoms with Gasteiger partial charge in [0.1, 0.15) is 12.2 Å². The van der Waals surface area contributed by atoms with Crippen molar-refractivity contribution in [2.75, 3.05) is 33.4 Å². The molecule has 3 rings (SSSR count). The number of para-hydroxylation sites is 2. The molecule has 0 bridgehead atoms. The van der Waals surface area contributed by atoms with E-state index in [-0.39, 0.29) is 12.4 Å². The van der Waals surface area contributed by atoms with Crippen molar-refractivity contribution in [1.82, 2.24) is 5.32 Å². The van der Waals surface area contributed by atoms with Crippen molar-refractivity contribution < 1.29 is 14.2 Å². The minimum absolute atomic E-state index is 0. The molecular formula is C19H24ClNO3. The van der Waals surface area contributed by atoms with Crippen molar-refractivity contribution in [3.05, 3.63) is 60.2 Å². The van der Waals surface area contributed by atoms with Crippen LogP contribution in [0, 0.1) is 0 Å². The van der Waals surface area contributed by atoms with Gasteiger partial charge in [0.15, 0.2) is 11.5 Å². The van der Waals surface area contributed by atoms with Crippen molar-refractivity contribution in [2.45, 2.75) is 12.0 Å². The fourth-order valence-electron chi connectivity index (χ4n) is 2.91. The van der Waals surface area contributed by atoms with Crippen LogP contribution >= 0.6 is 12.4 Å². The molecule has 0 aromatic heterocycles. The first-order chi connectivity index (χ1) is 11.3. The molecule has 1 saturated heterocycles. The number of ether oxygens (including phenoxy) is 3. The van der Waals surface area contributed by atoms with Gasteiger partial charge in [0, 0.05) is 6.54 Å². The fourth-order valence-corrected chi connectivity index (χ4v) is 2.91. The first kappa shape index (κ1) is 18.6. The number of methoxy groups -OCH3 is 1. The maximum Gasteiger partial charge on any atom is 0.161 e. The SMILES string of the molecule is COc1ccccc1OCC1(c2ccccc2)CCNCCO1.Cl. The second kappa shape index (κ2) is 8.92. The molecule has 1 aliphatic heterocycles. The Kier molecular flexibility index (Phi) is 6.91. The fraction of sp³-hybridized carbons (Fsp3) is 0.368. The van der Waals surface area contributed by atoms with Crippen LogP contribution in [-0.2, 0) is 10.3 Å². The first-order valence-corrected chi connectivity index (χ1v) is 8.00. The van der Waals surface area contributed by atoms with E-state index >= 15 is 0 Å². The molecule has 5 heteroatoms. The molecule has 2 aromatic rings. The lowest BCUT2D eigenvalue weighted by Crippen LogP contribution is -2.37. The molecule has 1 heterocycles. The van der Waals surface area contributed by atoms with Gasteiger partial charge in [-0.1, -0.05) is 42.5 Å². The Morgan fingerprint density at radius 3 is 2.46 bits per heavy atom. The van der Waals surface area contributed by atoms with E-state index in [4.69, 9.17) is 14.2 Å². The zero-order valence-corrected chi connectivity index (χ0v) is 14.7. The highest BCUT2D eigenvalue weighted by molar-refractivity contribution is 5.85. The highest BCUT2D eigenvalue weighted by Gasteiger charge is 2.35. The largest absolute Gasteiger partial charge is 0.493 e. The summed E-state index contributed by atoms with van der Waals surface area (Å²) < 4.78 is 17.7. The molecule has 1 N–H and O–H groups in total. The number of rotatable bonds is 5. The summed E-state index contributed by atoms with van der Waals surface area (Å²) in [5, 5.41) is 3.39. The van der Waals surface area contributed by atoms with Crippen molar-refractivity contribution >= 4 is 12.4 Å². The number of benzene rings is 2. The van der Waals surface area contributed by atoms with Crippen molar-refractivity contribution in [1.29, 1.82) is 0 Å². The maximum atomic E-state index is 6.24. The lowest BCUT2D eigenvalue weighted by molar-refractivity contribution is -0.0727. The van der Waals surface area contributed by atoms with Crippen LogP contribution in [0.3, 0.4) is 0 Å². The Hall–Kier alpha value is -1.75. The topological polar surface area (TPSA) is 39.7 Å². The molecule has 1 atom stereocenters. The number of halogens is 1. The molecule has 130 valence electrons. The van der Waals surface area contributed by atoms with E-state index in [0.717, 1.165) is 36.6 Å². The molecule has 1 unspecified atom stereocenters. The summed E-state index contributed by atoms with van der Waals surface area (Å²) in [5.74, 6) is 1.48. The predicted octanol–water partition coefficient (Wildman–Crippen LogP) is 3.40. The monoisotopic (exact) mass is 349 g/mol. The zero-order chi connectivity index (χ0) is 16.0. The van der Waals surface area contributed by atoms with Gasteiger partial charge in [-0.3, -0.25) is 0 Å². The van der Waals surface area contributed by atoms with Crippen LogP contribution in [-0.4, -0.2) is 33.4 Å². The van der Waals surface area contributed by atoms with Crippen LogP contribution in [0.1, 0.15) is 12.0 Å². The highest BCUT2D eigenvalue weighted by atomic mass is 35.5. The summed E-state index contributed by atoms with van der Waals surface area (Å²) in [6.45, 7) is 2.90. The van der Waals surface area contributed by atoms with E-state index in [0.29, 0.717) is 13.2 Å². The van der Waals surface area contributed by atoms with Crippen LogP contribution in [0.5, 0.6) is 11.5 Å². The third kappa shape index (κ3) is 4.20. The molecular weight excluding hydrogens is 326 g/mol. The summed E-state index contributed by atoms with van der Waals surface area (Å²) in [7, 11) is 1.65. The second-order valence-electron chi connectivity index (χ2n) is 5.65. The Balaban J connectivity index is 0.00000208. The average Bonchev–Trinajstić information content (AvgIpc) is 2.87. The third-order valence-electron chi connectivity index (χ3n) is 4.19. The van der Waals surface area contributed by atoms with Gasteiger partial charge in [0.2, 0.25) is 0 Å². The van der Waals surface area contributed by atoms with Crippen LogP contribution < -0.4 is 14.8 Å². The molecule has 24 heavy (non-hydrogen) atoms. The van der Waals surface area contributed by atoms with Gasteiger partial charge in [0.05, 0.1) is 13.7 Å². The molecule has 0 amide bonds. The lowest BCUT2D eigenvalue weighted by atomic mass is 9.91. The van der Waals surface area contributed by atoms with E-state index in [9.17, 15) is 0 Å². The molecule has 0 aliphatic carbocycles. The van der Waals surface area contributed by atoms with Gasteiger partial charge in [0.25, 0.3) is 0 Å². The molecule has 4 nitrogen and oxygen atoms in total. The van der Waals surface area contributed by atoms with E-state index in [1.165, 1.54) is 0 Å². The standard InChI is InChI=1S/C19H23NO3.ClH/c1-21-17-9-5-6-10-18(17)22-15-19(11-12-20-13-14-23-19)16-7-3-2-4-8-16;/h2-10,20H,11-15H2,1H3;1H. The summed E-state index contributed by atoms with van der Waals surface area (Å²) in [6.07, 6.45) is 0.867. The minimum atomic E-state index is -0.439. The van der Waals surface area contributed by atoms with Crippen molar-refractivity contribution in [3.8, 4) is 11.5 Å². The molecule has 0 radical (unpaired) electrons. The Morgan fingerprint density at radius 2 is 1.71 bits per heavy atom. The molecule has 1 fully saturated rings. The number of nitrogens with one attached hydrogen (secondary N) is 1. The van der Waals surface area contributed by atoms with Gasteiger partial charge in [-0.05, 0) is 30.7 Å². The Bertz CT molecular complexity index is 613. The van der Waals surface area contributed by atoms with Gasteiger partial charge in [-0.25, -0.2) is 0 Å². The van der Waals surface area contributed by atoms with Gasteiger partial charge >= 0.3 is 0 Å². The molecule has 1 aliphatic rings. The number of hydrogen-bond donors (Lipinski definition) is 1. The van der Waals surface area contributed by atoms with Crippen LogP contribution in [0.25, 0.3) is 0 Å². The van der Waals surface area contributed by atoms with Crippen molar-refractivity contribution in [2.24, 2.45) is 0 Å². The molecule has 0 spiro atoms. The summed E-state index contributed by atoms with van der Waals surface area (Å²) >= 11 is 0. The number of hydrogen-bond acceptors (Lipinski definition) is 4. The summed E-state index contributed by atoms with van der Waals surface area (Å²) in [5.41, 5.74) is 0.713. The van der Waals surface area contributed by atoms with Crippen molar-refractivity contribution in [3.63, 3.8) is 0 Å². The second-order valence-corrected chi connectivity index (χ2v) is 5.65. The van der Waals surface area contributed by atoms with Crippen LogP contribution in [0.15, 0.2) is 54.6 Å². The van der Waals surface area contributed by atoms with Gasteiger partial charge in [-0.2, -0.15) is 0 Å². The third-order valence-corrected chi connectivity index (χ3v) is 4.19. The highest BCUT2D eigenvalue weighted by Crippen LogP contribution is 2.33. The smallest absolute Gasteiger partial charge is 0.161 e. The van der Waals surface area contributed by atoms with Gasteiger partial charge < -0.3 is 19.5 Å². The normalized spacial score (nSPS) is 20.5. The van der Waals surface area contributed by atoms with E-state index in [1.54, 1.807) is 7.11 Å². The van der Waals surface area contributed by atoms with E-state index in [2.05, 4.69) is 17.4 Å². The lowest BCUT2D eigenvalue weighted by Gasteiger charge is -2.33. The van der Waals surface area contributed by atoms with Crippen LogP contribution in [0.4, 0.5) is 0 Å². The average molecular weight is 350 g/mol. The first-order valence-electron chi connectivity index (χ1n) is 8.00. The predicted molar refractivity (Wildman–Crippen MR) is 97.3 cm³/mol. The zero-order valence-electron chi connectivity index (χ0n) is 13.9. The van der Waals surface area contributed by atoms with Gasteiger partial charge in [-0.15, -0.1) is 12.4 Å². The molecule has 2 aromatic carbocycles. The Labute approximate surface area is 149 Å². The molecule has 0 saturated carbocycles. The minimum Gasteiger partial charge on any atom is -0.493 e.